The second kappa shape index (κ2) is 7.67. The Balaban J connectivity index is 4.01. The Hall–Kier alpha value is -0.710. The quantitative estimate of drug-likeness (QED) is 0.630. The van der Waals surface area contributed by atoms with Gasteiger partial charge in [0.25, 0.3) is 0 Å². The fourth-order valence-corrected chi connectivity index (χ4v) is 1.43. The van der Waals surface area contributed by atoms with Crippen molar-refractivity contribution in [3.05, 3.63) is 0 Å². The van der Waals surface area contributed by atoms with E-state index in [9.17, 15) is 9.59 Å². The summed E-state index contributed by atoms with van der Waals surface area (Å²) in [7, 11) is 0. The lowest BCUT2D eigenvalue weighted by Gasteiger charge is -2.11. The monoisotopic (exact) mass is 220 g/mol. The van der Waals surface area contributed by atoms with Gasteiger partial charge in [0.15, 0.2) is 0 Å². The summed E-state index contributed by atoms with van der Waals surface area (Å²) in [5.41, 5.74) is 0. The molecule has 0 fully saturated rings. The fourth-order valence-electron chi connectivity index (χ4n) is 0.869. The number of rotatable bonds is 6. The molecule has 0 saturated carbocycles. The van der Waals surface area contributed by atoms with Gasteiger partial charge in [-0.25, -0.2) is 0 Å². The highest BCUT2D eigenvalue weighted by Gasteiger charge is 2.22. The molecule has 0 aliphatic heterocycles. The lowest BCUT2D eigenvalue weighted by atomic mass is 10.3. The summed E-state index contributed by atoms with van der Waals surface area (Å²) in [6.07, 6.45) is 1.84. The van der Waals surface area contributed by atoms with Gasteiger partial charge < -0.3 is 9.47 Å². The van der Waals surface area contributed by atoms with Crippen LogP contribution in [0.3, 0.4) is 0 Å². The van der Waals surface area contributed by atoms with Gasteiger partial charge in [0.1, 0.15) is 5.25 Å². The molecule has 0 amide bonds. The van der Waals surface area contributed by atoms with Crippen molar-refractivity contribution in [3.63, 3.8) is 0 Å². The van der Waals surface area contributed by atoms with E-state index in [0.29, 0.717) is 13.2 Å². The second-order valence-electron chi connectivity index (χ2n) is 2.49. The van der Waals surface area contributed by atoms with Crippen molar-refractivity contribution < 1.29 is 19.1 Å². The van der Waals surface area contributed by atoms with Crippen molar-refractivity contribution >= 4 is 23.7 Å². The Morgan fingerprint density at radius 1 is 1.21 bits per heavy atom. The van der Waals surface area contributed by atoms with Gasteiger partial charge in [-0.15, -0.1) is 11.8 Å². The van der Waals surface area contributed by atoms with Crippen LogP contribution in [0.5, 0.6) is 0 Å². The lowest BCUT2D eigenvalue weighted by Crippen LogP contribution is -2.24. The number of hydrogen-bond acceptors (Lipinski definition) is 5. The molecule has 0 aliphatic rings. The van der Waals surface area contributed by atoms with Crippen molar-refractivity contribution in [2.24, 2.45) is 0 Å². The van der Waals surface area contributed by atoms with Crippen LogP contribution in [-0.2, 0) is 19.1 Å². The van der Waals surface area contributed by atoms with Gasteiger partial charge in [-0.1, -0.05) is 0 Å². The lowest BCUT2D eigenvalue weighted by molar-refractivity contribution is -0.149. The first-order valence-corrected chi connectivity index (χ1v) is 5.79. The van der Waals surface area contributed by atoms with E-state index in [2.05, 4.69) is 0 Å². The molecule has 0 N–H and O–H groups in total. The molecule has 14 heavy (non-hydrogen) atoms. The van der Waals surface area contributed by atoms with Gasteiger partial charge in [0, 0.05) is 0 Å². The predicted octanol–water partition coefficient (Wildman–Crippen LogP) is 1.23. The van der Waals surface area contributed by atoms with Gasteiger partial charge >= 0.3 is 11.9 Å². The summed E-state index contributed by atoms with van der Waals surface area (Å²) < 4.78 is 9.55. The van der Waals surface area contributed by atoms with Crippen LogP contribution in [0.2, 0.25) is 0 Å². The number of ether oxygens (including phenoxy) is 2. The number of carbonyl (C=O) groups is 2. The number of hydrogen-bond donors (Lipinski definition) is 0. The van der Waals surface area contributed by atoms with E-state index >= 15 is 0 Å². The van der Waals surface area contributed by atoms with Crippen LogP contribution in [-0.4, -0.2) is 36.7 Å². The minimum atomic E-state index is -0.450. The summed E-state index contributed by atoms with van der Waals surface area (Å²) in [6, 6.07) is 0. The zero-order valence-electron chi connectivity index (χ0n) is 8.74. The van der Waals surface area contributed by atoms with Crippen LogP contribution < -0.4 is 0 Å². The summed E-state index contributed by atoms with van der Waals surface area (Å²) in [4.78, 5) is 22.3. The van der Waals surface area contributed by atoms with Crippen molar-refractivity contribution in [2.75, 3.05) is 19.5 Å². The normalized spacial score (nSPS) is 11.9. The molecule has 0 unspecified atom stereocenters. The van der Waals surface area contributed by atoms with E-state index in [1.807, 2.05) is 0 Å². The maximum Gasteiger partial charge on any atom is 0.319 e. The third kappa shape index (κ3) is 5.11. The van der Waals surface area contributed by atoms with Crippen molar-refractivity contribution in [2.45, 2.75) is 25.5 Å². The minimum absolute atomic E-state index is 0.0772. The molecule has 0 aliphatic carbocycles. The van der Waals surface area contributed by atoms with E-state index < -0.39 is 5.25 Å². The molecule has 0 aromatic rings. The highest BCUT2D eigenvalue weighted by atomic mass is 32.2. The fraction of sp³-hybridized carbons (Fsp3) is 0.778. The largest absolute Gasteiger partial charge is 0.466 e. The Bertz CT molecular complexity index is 193. The average Bonchev–Trinajstić information content (AvgIpc) is 2.15. The average molecular weight is 220 g/mol. The molecular weight excluding hydrogens is 204 g/mol. The molecule has 0 bridgehead atoms. The Morgan fingerprint density at radius 3 is 2.21 bits per heavy atom. The number of esters is 2. The molecule has 1 atom stereocenters. The highest BCUT2D eigenvalue weighted by Crippen LogP contribution is 2.13. The number of carbonyl (C=O) groups excluding carboxylic acids is 2. The first-order chi connectivity index (χ1) is 6.65. The standard InChI is InChI=1S/C9H16O4S/c1-4-12-8(10)6-7(14-3)9(11)13-5-2/h7H,4-6H2,1-3H3/t7-/m1/s1. The van der Waals surface area contributed by atoms with Crippen molar-refractivity contribution in [3.8, 4) is 0 Å². The first kappa shape index (κ1) is 13.3. The predicted molar refractivity (Wildman–Crippen MR) is 55.2 cm³/mol. The molecule has 0 aromatic heterocycles. The van der Waals surface area contributed by atoms with Crippen LogP contribution in [0.1, 0.15) is 20.3 Å². The van der Waals surface area contributed by atoms with Crippen LogP contribution in [0.25, 0.3) is 0 Å². The van der Waals surface area contributed by atoms with Gasteiger partial charge in [0.2, 0.25) is 0 Å². The first-order valence-electron chi connectivity index (χ1n) is 4.50. The molecule has 0 aromatic carbocycles. The van der Waals surface area contributed by atoms with Gasteiger partial charge in [0.05, 0.1) is 19.6 Å². The molecule has 0 heterocycles. The number of thioether (sulfide) groups is 1. The van der Waals surface area contributed by atoms with Crippen LogP contribution >= 0.6 is 11.8 Å². The van der Waals surface area contributed by atoms with Crippen molar-refractivity contribution in [1.82, 2.24) is 0 Å². The molecule has 0 radical (unpaired) electrons. The highest BCUT2D eigenvalue weighted by molar-refractivity contribution is 7.99. The SMILES string of the molecule is CCOC(=O)C[C@@H](SC)C(=O)OCC. The van der Waals surface area contributed by atoms with Gasteiger partial charge in [-0.3, -0.25) is 9.59 Å². The van der Waals surface area contributed by atoms with Crippen LogP contribution in [0.15, 0.2) is 0 Å². The van der Waals surface area contributed by atoms with Gasteiger partial charge in [-0.05, 0) is 20.1 Å². The molecule has 0 saturated heterocycles. The minimum Gasteiger partial charge on any atom is -0.466 e. The van der Waals surface area contributed by atoms with E-state index in [1.165, 1.54) is 11.8 Å². The zero-order valence-corrected chi connectivity index (χ0v) is 9.56. The third-order valence-electron chi connectivity index (χ3n) is 1.49. The van der Waals surface area contributed by atoms with Crippen LogP contribution in [0, 0.1) is 0 Å². The van der Waals surface area contributed by atoms with Crippen LogP contribution in [0.4, 0.5) is 0 Å². The van der Waals surface area contributed by atoms with E-state index in [-0.39, 0.29) is 18.4 Å². The summed E-state index contributed by atoms with van der Waals surface area (Å²) >= 11 is 1.30. The topological polar surface area (TPSA) is 52.6 Å². The van der Waals surface area contributed by atoms with E-state index in [0.717, 1.165) is 0 Å². The third-order valence-corrected chi connectivity index (χ3v) is 2.42. The molecule has 82 valence electrons. The molecule has 5 heteroatoms. The maximum atomic E-state index is 11.3. The Labute approximate surface area is 88.3 Å². The molecule has 0 rings (SSSR count). The van der Waals surface area contributed by atoms with Crippen molar-refractivity contribution in [1.29, 1.82) is 0 Å². The molecule has 4 nitrogen and oxygen atoms in total. The zero-order chi connectivity index (χ0) is 11.0. The van der Waals surface area contributed by atoms with E-state index in [4.69, 9.17) is 9.47 Å². The van der Waals surface area contributed by atoms with Gasteiger partial charge in [-0.2, -0.15) is 0 Å². The Morgan fingerprint density at radius 2 is 1.79 bits per heavy atom. The molecular formula is C9H16O4S. The van der Waals surface area contributed by atoms with E-state index in [1.54, 1.807) is 20.1 Å². The smallest absolute Gasteiger partial charge is 0.319 e. The summed E-state index contributed by atoms with van der Waals surface area (Å²) in [5, 5.41) is -0.450. The summed E-state index contributed by atoms with van der Waals surface area (Å²) in [5.74, 6) is -0.715. The summed E-state index contributed by atoms with van der Waals surface area (Å²) in [6.45, 7) is 4.14. The maximum absolute atomic E-state index is 11.3. The Kier molecular flexibility index (Phi) is 7.28. The molecule has 0 spiro atoms. The second-order valence-corrected chi connectivity index (χ2v) is 3.53.